The fourth-order valence-electron chi connectivity index (χ4n) is 2.10. The summed E-state index contributed by atoms with van der Waals surface area (Å²) in [5.74, 6) is 1.58. The molecule has 19 heavy (non-hydrogen) atoms. The van der Waals surface area contributed by atoms with Crippen LogP contribution < -0.4 is 10.1 Å². The number of ether oxygens (including phenoxy) is 1. The van der Waals surface area contributed by atoms with Crippen LogP contribution in [0.4, 0.5) is 0 Å². The Morgan fingerprint density at radius 1 is 1.32 bits per heavy atom. The summed E-state index contributed by atoms with van der Waals surface area (Å²) in [4.78, 5) is 0. The Labute approximate surface area is 118 Å². The fraction of sp³-hybridized carbons (Fsp3) is 0.333. The van der Waals surface area contributed by atoms with Crippen LogP contribution in [0.3, 0.4) is 0 Å². The van der Waals surface area contributed by atoms with E-state index in [2.05, 4.69) is 12.2 Å². The molecule has 0 saturated heterocycles. The minimum absolute atomic E-state index is 0.0774. The summed E-state index contributed by atoms with van der Waals surface area (Å²) in [6.07, 6.45) is 1.78. The summed E-state index contributed by atoms with van der Waals surface area (Å²) in [5, 5.41) is 4.06. The average molecular weight is 280 g/mol. The summed E-state index contributed by atoms with van der Waals surface area (Å²) in [6, 6.07) is 7.92. The van der Waals surface area contributed by atoms with E-state index in [0.717, 1.165) is 23.4 Å². The predicted octanol–water partition coefficient (Wildman–Crippen LogP) is 3.95. The van der Waals surface area contributed by atoms with Crippen LogP contribution in [0.2, 0.25) is 5.02 Å². The maximum atomic E-state index is 6.06. The Kier molecular flexibility index (Phi) is 4.51. The van der Waals surface area contributed by atoms with E-state index in [9.17, 15) is 0 Å². The van der Waals surface area contributed by atoms with E-state index >= 15 is 0 Å². The van der Waals surface area contributed by atoms with E-state index in [1.54, 1.807) is 13.4 Å². The Hall–Kier alpha value is -1.45. The van der Waals surface area contributed by atoms with Crippen LogP contribution in [0.1, 0.15) is 29.9 Å². The van der Waals surface area contributed by atoms with Crippen LogP contribution in [0.25, 0.3) is 0 Å². The molecule has 0 saturated carbocycles. The van der Waals surface area contributed by atoms with Crippen LogP contribution in [0.15, 0.2) is 34.9 Å². The first-order valence-electron chi connectivity index (χ1n) is 6.27. The molecule has 1 N–H and O–H groups in total. The summed E-state index contributed by atoms with van der Waals surface area (Å²) in [7, 11) is 1.62. The second-order valence-corrected chi connectivity index (χ2v) is 4.78. The number of hydrogen-bond donors (Lipinski definition) is 1. The van der Waals surface area contributed by atoms with Crippen molar-refractivity contribution in [3.8, 4) is 5.75 Å². The zero-order chi connectivity index (χ0) is 13.8. The van der Waals surface area contributed by atoms with Gasteiger partial charge in [-0.2, -0.15) is 0 Å². The van der Waals surface area contributed by atoms with Gasteiger partial charge in [0.2, 0.25) is 0 Å². The van der Waals surface area contributed by atoms with Gasteiger partial charge in [-0.05, 0) is 37.2 Å². The Morgan fingerprint density at radius 2 is 2.11 bits per heavy atom. The van der Waals surface area contributed by atoms with Crippen molar-refractivity contribution in [1.29, 1.82) is 0 Å². The molecule has 0 aliphatic rings. The Morgan fingerprint density at radius 3 is 2.68 bits per heavy atom. The Balaban J connectivity index is 2.38. The van der Waals surface area contributed by atoms with Gasteiger partial charge in [-0.25, -0.2) is 0 Å². The third-order valence-electron chi connectivity index (χ3n) is 3.00. The zero-order valence-corrected chi connectivity index (χ0v) is 12.1. The lowest BCUT2D eigenvalue weighted by Crippen LogP contribution is -2.21. The minimum atomic E-state index is 0.0774. The standard InChI is InChI=1S/C15H18ClNO2/c1-4-17-15(12-7-10(2)19-9-12)11-5-6-13(16)14(8-11)18-3/h5-9,15,17H,4H2,1-3H3. The van der Waals surface area contributed by atoms with Gasteiger partial charge in [0.15, 0.2) is 0 Å². The second kappa shape index (κ2) is 6.13. The van der Waals surface area contributed by atoms with Crippen LogP contribution in [-0.4, -0.2) is 13.7 Å². The van der Waals surface area contributed by atoms with Gasteiger partial charge in [0, 0.05) is 5.56 Å². The van der Waals surface area contributed by atoms with Crippen molar-refractivity contribution < 1.29 is 9.15 Å². The highest BCUT2D eigenvalue weighted by Crippen LogP contribution is 2.31. The van der Waals surface area contributed by atoms with Gasteiger partial charge < -0.3 is 14.5 Å². The molecule has 1 unspecified atom stereocenters. The van der Waals surface area contributed by atoms with Gasteiger partial charge in [-0.15, -0.1) is 0 Å². The largest absolute Gasteiger partial charge is 0.495 e. The van der Waals surface area contributed by atoms with Gasteiger partial charge in [0.25, 0.3) is 0 Å². The number of furan rings is 1. The summed E-state index contributed by atoms with van der Waals surface area (Å²) in [5.41, 5.74) is 2.20. The molecule has 102 valence electrons. The molecule has 1 atom stereocenters. The molecule has 0 amide bonds. The topological polar surface area (TPSA) is 34.4 Å². The molecule has 0 aliphatic carbocycles. The highest BCUT2D eigenvalue weighted by molar-refractivity contribution is 6.32. The first-order chi connectivity index (χ1) is 9.15. The van der Waals surface area contributed by atoms with E-state index in [4.69, 9.17) is 20.8 Å². The number of hydrogen-bond acceptors (Lipinski definition) is 3. The average Bonchev–Trinajstić information content (AvgIpc) is 2.83. The number of rotatable bonds is 5. The van der Waals surface area contributed by atoms with E-state index in [-0.39, 0.29) is 6.04 Å². The van der Waals surface area contributed by atoms with Crippen LogP contribution >= 0.6 is 11.6 Å². The lowest BCUT2D eigenvalue weighted by molar-refractivity contribution is 0.414. The molecule has 2 rings (SSSR count). The molecule has 0 aliphatic heterocycles. The van der Waals surface area contributed by atoms with Gasteiger partial charge in [-0.3, -0.25) is 0 Å². The molecule has 0 bridgehead atoms. The van der Waals surface area contributed by atoms with E-state index < -0.39 is 0 Å². The SMILES string of the molecule is CCNC(c1coc(C)c1)c1ccc(Cl)c(OC)c1. The quantitative estimate of drug-likeness (QED) is 0.900. The lowest BCUT2D eigenvalue weighted by Gasteiger charge is -2.18. The smallest absolute Gasteiger partial charge is 0.137 e. The van der Waals surface area contributed by atoms with Crippen molar-refractivity contribution in [3.63, 3.8) is 0 Å². The summed E-state index contributed by atoms with van der Waals surface area (Å²) in [6.45, 7) is 4.88. The molecule has 0 fully saturated rings. The van der Waals surface area contributed by atoms with Gasteiger partial charge in [0.05, 0.1) is 24.4 Å². The highest BCUT2D eigenvalue weighted by atomic mass is 35.5. The molecule has 0 radical (unpaired) electrons. The molecule has 1 aromatic carbocycles. The minimum Gasteiger partial charge on any atom is -0.495 e. The molecule has 4 heteroatoms. The fourth-order valence-corrected chi connectivity index (χ4v) is 2.30. The second-order valence-electron chi connectivity index (χ2n) is 4.38. The first kappa shape index (κ1) is 14.0. The third kappa shape index (κ3) is 3.11. The van der Waals surface area contributed by atoms with Gasteiger partial charge >= 0.3 is 0 Å². The molecule has 1 heterocycles. The van der Waals surface area contributed by atoms with Crippen molar-refractivity contribution in [2.24, 2.45) is 0 Å². The van der Waals surface area contributed by atoms with E-state index in [0.29, 0.717) is 10.8 Å². The molecule has 2 aromatic rings. The molecule has 1 aromatic heterocycles. The number of nitrogens with one attached hydrogen (secondary N) is 1. The predicted molar refractivity (Wildman–Crippen MR) is 77.0 cm³/mol. The highest BCUT2D eigenvalue weighted by Gasteiger charge is 2.16. The lowest BCUT2D eigenvalue weighted by atomic mass is 10.0. The van der Waals surface area contributed by atoms with Crippen molar-refractivity contribution in [2.45, 2.75) is 19.9 Å². The third-order valence-corrected chi connectivity index (χ3v) is 3.31. The summed E-state index contributed by atoms with van der Waals surface area (Å²) >= 11 is 6.06. The van der Waals surface area contributed by atoms with Crippen molar-refractivity contribution in [1.82, 2.24) is 5.32 Å². The van der Waals surface area contributed by atoms with Crippen molar-refractivity contribution >= 4 is 11.6 Å². The summed E-state index contributed by atoms with van der Waals surface area (Å²) < 4.78 is 10.7. The zero-order valence-electron chi connectivity index (χ0n) is 11.4. The van der Waals surface area contributed by atoms with Crippen LogP contribution in [0, 0.1) is 6.92 Å². The monoisotopic (exact) mass is 279 g/mol. The van der Waals surface area contributed by atoms with Crippen LogP contribution in [-0.2, 0) is 0 Å². The molecule has 0 spiro atoms. The van der Waals surface area contributed by atoms with Gasteiger partial charge in [0.1, 0.15) is 11.5 Å². The number of aryl methyl sites for hydroxylation is 1. The molecular weight excluding hydrogens is 262 g/mol. The maximum Gasteiger partial charge on any atom is 0.137 e. The number of benzene rings is 1. The first-order valence-corrected chi connectivity index (χ1v) is 6.65. The van der Waals surface area contributed by atoms with Crippen LogP contribution in [0.5, 0.6) is 5.75 Å². The van der Waals surface area contributed by atoms with E-state index in [1.807, 2.05) is 31.2 Å². The number of methoxy groups -OCH3 is 1. The maximum absolute atomic E-state index is 6.06. The Bertz CT molecular complexity index is 551. The normalized spacial score (nSPS) is 12.4. The van der Waals surface area contributed by atoms with Crippen molar-refractivity contribution in [2.75, 3.05) is 13.7 Å². The van der Waals surface area contributed by atoms with Crippen molar-refractivity contribution in [3.05, 3.63) is 52.4 Å². The van der Waals surface area contributed by atoms with E-state index in [1.165, 1.54) is 0 Å². The number of halogens is 1. The van der Waals surface area contributed by atoms with Gasteiger partial charge in [-0.1, -0.05) is 24.6 Å². The molecular formula is C15H18ClNO2. The molecule has 3 nitrogen and oxygen atoms in total.